The fourth-order valence-electron chi connectivity index (χ4n) is 1.72. The van der Waals surface area contributed by atoms with E-state index < -0.39 is 0 Å². The quantitative estimate of drug-likeness (QED) is 0.762. The van der Waals surface area contributed by atoms with Crippen molar-refractivity contribution < 1.29 is 9.47 Å². The van der Waals surface area contributed by atoms with Crippen LogP contribution in [0.1, 0.15) is 18.1 Å². The highest BCUT2D eigenvalue weighted by atomic mass is 35.5. The maximum Gasteiger partial charge on any atom is 0.127 e. The molecule has 1 aromatic heterocycles. The minimum atomic E-state index is 0.410. The highest BCUT2D eigenvalue weighted by Crippen LogP contribution is 2.26. The van der Waals surface area contributed by atoms with Gasteiger partial charge >= 0.3 is 0 Å². The largest absolute Gasteiger partial charge is 0.497 e. The van der Waals surface area contributed by atoms with E-state index in [0.717, 1.165) is 29.2 Å². The maximum atomic E-state index is 5.90. The molecule has 0 fully saturated rings. The Morgan fingerprint density at radius 3 is 2.84 bits per heavy atom. The molecule has 0 saturated carbocycles. The molecule has 0 atom stereocenters. The van der Waals surface area contributed by atoms with E-state index in [-0.39, 0.29) is 0 Å². The first-order valence-electron chi connectivity index (χ1n) is 6.13. The number of nitrogens with zero attached hydrogens (tertiary/aromatic N) is 2. The summed E-state index contributed by atoms with van der Waals surface area (Å²) in [6.45, 7) is 3.37. The molecule has 0 saturated heterocycles. The van der Waals surface area contributed by atoms with Crippen molar-refractivity contribution in [2.24, 2.45) is 0 Å². The lowest BCUT2D eigenvalue weighted by Gasteiger charge is -2.10. The number of benzene rings is 1. The average Bonchev–Trinajstić information content (AvgIpc) is 2.92. The zero-order valence-electron chi connectivity index (χ0n) is 11.1. The molecule has 0 radical (unpaired) electrons. The summed E-state index contributed by atoms with van der Waals surface area (Å²) >= 11 is 5.90. The topological polar surface area (TPSA) is 36.3 Å². The highest BCUT2D eigenvalue weighted by molar-refractivity contribution is 6.17. The van der Waals surface area contributed by atoms with Crippen molar-refractivity contribution in [1.82, 2.24) is 9.78 Å². The van der Waals surface area contributed by atoms with Crippen molar-refractivity contribution >= 4 is 11.6 Å². The van der Waals surface area contributed by atoms with Crippen LogP contribution in [-0.2, 0) is 19.0 Å². The molecule has 2 aromatic rings. The minimum Gasteiger partial charge on any atom is -0.497 e. The molecule has 0 aliphatic heterocycles. The third kappa shape index (κ3) is 3.41. The van der Waals surface area contributed by atoms with Gasteiger partial charge in [-0.3, -0.25) is 4.68 Å². The summed E-state index contributed by atoms with van der Waals surface area (Å²) in [4.78, 5) is 0. The molecule has 1 heterocycles. The summed E-state index contributed by atoms with van der Waals surface area (Å²) in [7, 11) is 1.63. The second-order valence-electron chi connectivity index (χ2n) is 4.10. The van der Waals surface area contributed by atoms with Crippen LogP contribution in [0.5, 0.6) is 11.5 Å². The number of methoxy groups -OCH3 is 1. The van der Waals surface area contributed by atoms with Crippen molar-refractivity contribution in [3.05, 3.63) is 41.7 Å². The summed E-state index contributed by atoms with van der Waals surface area (Å²) < 4.78 is 12.9. The molecule has 0 spiro atoms. The Kier molecular flexibility index (Phi) is 4.68. The number of hydrogen-bond acceptors (Lipinski definition) is 3. The monoisotopic (exact) mass is 280 g/mol. The van der Waals surface area contributed by atoms with Gasteiger partial charge in [0, 0.05) is 29.9 Å². The van der Waals surface area contributed by atoms with Crippen LogP contribution in [0.2, 0.25) is 0 Å². The van der Waals surface area contributed by atoms with Gasteiger partial charge in [-0.25, -0.2) is 0 Å². The first-order chi connectivity index (χ1) is 9.26. The highest BCUT2D eigenvalue weighted by Gasteiger charge is 2.06. The van der Waals surface area contributed by atoms with Crippen LogP contribution in [0, 0.1) is 0 Å². The Hall–Kier alpha value is -1.68. The molecule has 2 rings (SSSR count). The Balaban J connectivity index is 2.09. The molecule has 102 valence electrons. The number of alkyl halides is 1. The van der Waals surface area contributed by atoms with Crippen molar-refractivity contribution in [1.29, 1.82) is 0 Å². The van der Waals surface area contributed by atoms with Gasteiger partial charge in [0.1, 0.15) is 18.1 Å². The van der Waals surface area contributed by atoms with Crippen molar-refractivity contribution in [2.45, 2.75) is 26.0 Å². The van der Waals surface area contributed by atoms with Gasteiger partial charge in [-0.15, -0.1) is 11.6 Å². The molecule has 19 heavy (non-hydrogen) atoms. The van der Waals surface area contributed by atoms with Gasteiger partial charge in [0.25, 0.3) is 0 Å². The molecule has 0 unspecified atom stereocenters. The normalized spacial score (nSPS) is 10.5. The minimum absolute atomic E-state index is 0.410. The van der Waals surface area contributed by atoms with Crippen molar-refractivity contribution in [2.75, 3.05) is 7.11 Å². The van der Waals surface area contributed by atoms with Crippen LogP contribution < -0.4 is 9.47 Å². The Labute approximate surface area is 117 Å². The van der Waals surface area contributed by atoms with Gasteiger partial charge in [0.05, 0.1) is 19.2 Å². The zero-order valence-corrected chi connectivity index (χ0v) is 11.9. The van der Waals surface area contributed by atoms with Gasteiger partial charge in [-0.2, -0.15) is 5.10 Å². The lowest BCUT2D eigenvalue weighted by atomic mass is 10.2. The first kappa shape index (κ1) is 13.7. The number of aryl methyl sites for hydroxylation is 1. The van der Waals surface area contributed by atoms with Gasteiger partial charge in [-0.05, 0) is 13.0 Å². The van der Waals surface area contributed by atoms with Crippen LogP contribution in [0.25, 0.3) is 0 Å². The molecular formula is C14H17ClN2O2. The summed E-state index contributed by atoms with van der Waals surface area (Å²) in [6, 6.07) is 5.64. The lowest BCUT2D eigenvalue weighted by Crippen LogP contribution is -1.98. The van der Waals surface area contributed by atoms with Crippen LogP contribution >= 0.6 is 11.6 Å². The van der Waals surface area contributed by atoms with E-state index in [1.807, 2.05) is 42.2 Å². The second kappa shape index (κ2) is 6.48. The zero-order chi connectivity index (χ0) is 13.7. The number of rotatable bonds is 6. The van der Waals surface area contributed by atoms with Crippen molar-refractivity contribution in [3.8, 4) is 11.5 Å². The number of aromatic nitrogens is 2. The summed E-state index contributed by atoms with van der Waals surface area (Å²) in [5.74, 6) is 1.92. The first-order valence-corrected chi connectivity index (χ1v) is 6.67. The maximum absolute atomic E-state index is 5.90. The van der Waals surface area contributed by atoms with Gasteiger partial charge < -0.3 is 9.47 Å². The van der Waals surface area contributed by atoms with Crippen LogP contribution in [0.3, 0.4) is 0 Å². The average molecular weight is 281 g/mol. The molecule has 0 N–H and O–H groups in total. The molecule has 4 nitrogen and oxygen atoms in total. The van der Waals surface area contributed by atoms with E-state index in [2.05, 4.69) is 5.10 Å². The molecule has 5 heteroatoms. The van der Waals surface area contributed by atoms with Crippen LogP contribution in [0.4, 0.5) is 0 Å². The number of halogens is 1. The van der Waals surface area contributed by atoms with Gasteiger partial charge in [-0.1, -0.05) is 6.07 Å². The molecule has 0 bridgehead atoms. The van der Waals surface area contributed by atoms with Crippen LogP contribution in [-0.4, -0.2) is 16.9 Å². The third-order valence-electron chi connectivity index (χ3n) is 2.82. The third-order valence-corrected chi connectivity index (χ3v) is 3.11. The van der Waals surface area contributed by atoms with Crippen LogP contribution in [0.15, 0.2) is 30.6 Å². The molecule has 0 aliphatic carbocycles. The van der Waals surface area contributed by atoms with E-state index >= 15 is 0 Å². The smallest absolute Gasteiger partial charge is 0.127 e. The summed E-state index contributed by atoms with van der Waals surface area (Å²) in [5.41, 5.74) is 1.98. The Morgan fingerprint density at radius 2 is 2.21 bits per heavy atom. The number of hydrogen-bond donors (Lipinski definition) is 0. The van der Waals surface area contributed by atoms with E-state index in [4.69, 9.17) is 21.1 Å². The molecule has 1 aromatic carbocycles. The standard InChI is InChI=1S/C14H17ClN2O2/c1-3-17-9-11(8-16-17)10-19-14-6-13(18-2)5-4-12(14)7-15/h4-6,8-9H,3,7,10H2,1-2H3. The number of ether oxygens (including phenoxy) is 2. The summed E-state index contributed by atoms with van der Waals surface area (Å²) in [6.07, 6.45) is 3.78. The van der Waals surface area contributed by atoms with Crippen molar-refractivity contribution in [3.63, 3.8) is 0 Å². The SMILES string of the molecule is CCn1cc(COc2cc(OC)ccc2CCl)cn1. The van der Waals surface area contributed by atoms with E-state index in [1.54, 1.807) is 7.11 Å². The van der Waals surface area contributed by atoms with Gasteiger partial charge in [0.2, 0.25) is 0 Å². The van der Waals surface area contributed by atoms with E-state index in [0.29, 0.717) is 12.5 Å². The van der Waals surface area contributed by atoms with Gasteiger partial charge in [0.15, 0.2) is 0 Å². The lowest BCUT2D eigenvalue weighted by molar-refractivity contribution is 0.301. The predicted octanol–water partition coefficient (Wildman–Crippen LogP) is 3.23. The molecule has 0 amide bonds. The molecular weight excluding hydrogens is 264 g/mol. The Morgan fingerprint density at radius 1 is 1.37 bits per heavy atom. The fraction of sp³-hybridized carbons (Fsp3) is 0.357. The molecule has 0 aliphatic rings. The summed E-state index contributed by atoms with van der Waals surface area (Å²) in [5, 5.41) is 4.21. The van der Waals surface area contributed by atoms with E-state index in [1.165, 1.54) is 0 Å². The second-order valence-corrected chi connectivity index (χ2v) is 4.37. The Bertz CT molecular complexity index is 540. The van der Waals surface area contributed by atoms with E-state index in [9.17, 15) is 0 Å². The fourth-order valence-corrected chi connectivity index (χ4v) is 1.94. The predicted molar refractivity (Wildman–Crippen MR) is 74.8 cm³/mol.